The van der Waals surface area contributed by atoms with Crippen molar-refractivity contribution < 1.29 is 0 Å². The van der Waals surface area contributed by atoms with E-state index in [0.717, 1.165) is 24.2 Å². The third-order valence-electron chi connectivity index (χ3n) is 8.76. The molecule has 0 aromatic heterocycles. The van der Waals surface area contributed by atoms with Gasteiger partial charge in [0.1, 0.15) is 0 Å². The molecular weight excluding hydrogens is 448 g/mol. The fourth-order valence-corrected chi connectivity index (χ4v) is 6.78. The van der Waals surface area contributed by atoms with E-state index in [2.05, 4.69) is 100 Å². The van der Waals surface area contributed by atoms with Crippen molar-refractivity contribution in [2.24, 2.45) is 5.41 Å². The zero-order valence-electron chi connectivity index (χ0n) is 22.6. The maximum Gasteiger partial charge on any atom is 0.0349 e. The molecule has 0 amide bonds. The summed E-state index contributed by atoms with van der Waals surface area (Å²) in [5, 5.41) is 0. The standard InChI is InChI=1S/C35H38N2/c1-21(2)31-15-25(9-11-33(31)36)23-5-7-27-17-35(19-29(27)13-23)18-28-8-6-24(14-30(28)20-35)26-10-12-34(37)32(16-26)22(3)4/h5-16,21-22H,17-20,36-37H2,1-4H3. The molecule has 37 heavy (non-hydrogen) atoms. The van der Waals surface area contributed by atoms with E-state index < -0.39 is 0 Å². The van der Waals surface area contributed by atoms with Crippen LogP contribution in [0.25, 0.3) is 22.3 Å². The van der Waals surface area contributed by atoms with Crippen molar-refractivity contribution in [3.8, 4) is 22.3 Å². The summed E-state index contributed by atoms with van der Waals surface area (Å²) in [6, 6.07) is 27.3. The first-order valence-electron chi connectivity index (χ1n) is 13.7. The maximum atomic E-state index is 6.25. The molecule has 0 radical (unpaired) electrons. The van der Waals surface area contributed by atoms with Crippen LogP contribution >= 0.6 is 0 Å². The predicted molar refractivity (Wildman–Crippen MR) is 158 cm³/mol. The Morgan fingerprint density at radius 3 is 1.24 bits per heavy atom. The fourth-order valence-electron chi connectivity index (χ4n) is 6.78. The average Bonchev–Trinajstić information content (AvgIpc) is 3.40. The van der Waals surface area contributed by atoms with Gasteiger partial charge in [-0.05, 0) is 123 Å². The van der Waals surface area contributed by atoms with Gasteiger partial charge in [-0.3, -0.25) is 0 Å². The minimum Gasteiger partial charge on any atom is -0.398 e. The Labute approximate surface area is 221 Å². The van der Waals surface area contributed by atoms with Gasteiger partial charge < -0.3 is 11.5 Å². The normalized spacial score (nSPS) is 15.5. The van der Waals surface area contributed by atoms with Gasteiger partial charge in [0.15, 0.2) is 0 Å². The molecule has 2 aliphatic carbocycles. The number of nitrogen functional groups attached to an aromatic ring is 2. The number of nitrogens with two attached hydrogens (primary N) is 2. The van der Waals surface area contributed by atoms with Gasteiger partial charge in [-0.1, -0.05) is 76.2 Å². The number of hydrogen-bond acceptors (Lipinski definition) is 2. The molecule has 0 atom stereocenters. The molecular formula is C35H38N2. The van der Waals surface area contributed by atoms with Gasteiger partial charge in [0.05, 0.1) is 0 Å². The monoisotopic (exact) mass is 486 g/mol. The van der Waals surface area contributed by atoms with Crippen LogP contribution in [0.4, 0.5) is 11.4 Å². The van der Waals surface area contributed by atoms with Crippen molar-refractivity contribution in [2.45, 2.75) is 65.2 Å². The Hall–Kier alpha value is -3.52. The number of rotatable bonds is 4. The molecule has 4 N–H and O–H groups in total. The van der Waals surface area contributed by atoms with Gasteiger partial charge in [-0.25, -0.2) is 0 Å². The van der Waals surface area contributed by atoms with Gasteiger partial charge in [0.25, 0.3) is 0 Å². The van der Waals surface area contributed by atoms with Crippen LogP contribution < -0.4 is 11.5 Å². The van der Waals surface area contributed by atoms with Gasteiger partial charge in [0, 0.05) is 11.4 Å². The lowest BCUT2D eigenvalue weighted by molar-refractivity contribution is 0.326. The van der Waals surface area contributed by atoms with Crippen LogP contribution in [0.2, 0.25) is 0 Å². The highest BCUT2D eigenvalue weighted by Crippen LogP contribution is 2.48. The van der Waals surface area contributed by atoms with Crippen molar-refractivity contribution >= 4 is 11.4 Å². The molecule has 0 aliphatic heterocycles. The summed E-state index contributed by atoms with van der Waals surface area (Å²) in [6.45, 7) is 8.84. The minimum atomic E-state index is 0.316. The molecule has 0 heterocycles. The van der Waals surface area contributed by atoms with E-state index in [1.54, 1.807) is 0 Å². The molecule has 6 rings (SSSR count). The summed E-state index contributed by atoms with van der Waals surface area (Å²) in [5.41, 5.74) is 28.3. The van der Waals surface area contributed by atoms with E-state index in [-0.39, 0.29) is 0 Å². The second-order valence-corrected chi connectivity index (χ2v) is 12.2. The smallest absolute Gasteiger partial charge is 0.0349 e. The molecule has 1 spiro atoms. The summed E-state index contributed by atoms with van der Waals surface area (Å²) >= 11 is 0. The van der Waals surface area contributed by atoms with Crippen molar-refractivity contribution in [3.05, 3.63) is 106 Å². The molecule has 4 aromatic rings. The predicted octanol–water partition coefficient (Wildman–Crippen LogP) is 8.32. The highest BCUT2D eigenvalue weighted by atomic mass is 14.6. The molecule has 2 aliphatic rings. The highest BCUT2D eigenvalue weighted by molar-refractivity contribution is 5.71. The van der Waals surface area contributed by atoms with E-state index in [1.807, 2.05) is 0 Å². The number of anilines is 2. The van der Waals surface area contributed by atoms with Crippen LogP contribution in [0.3, 0.4) is 0 Å². The fraction of sp³-hybridized carbons (Fsp3) is 0.314. The summed E-state index contributed by atoms with van der Waals surface area (Å²) < 4.78 is 0. The van der Waals surface area contributed by atoms with Crippen LogP contribution in [0.1, 0.15) is 72.9 Å². The molecule has 0 unspecified atom stereocenters. The third kappa shape index (κ3) is 4.23. The Balaban J connectivity index is 1.26. The minimum absolute atomic E-state index is 0.316. The first-order chi connectivity index (χ1) is 17.7. The molecule has 0 fully saturated rings. The summed E-state index contributed by atoms with van der Waals surface area (Å²) in [5.74, 6) is 0.842. The zero-order valence-corrected chi connectivity index (χ0v) is 22.6. The van der Waals surface area contributed by atoms with Crippen LogP contribution in [-0.2, 0) is 25.7 Å². The van der Waals surface area contributed by atoms with Crippen LogP contribution in [0.5, 0.6) is 0 Å². The van der Waals surface area contributed by atoms with E-state index in [9.17, 15) is 0 Å². The third-order valence-corrected chi connectivity index (χ3v) is 8.76. The van der Waals surface area contributed by atoms with Crippen molar-refractivity contribution in [1.29, 1.82) is 0 Å². The zero-order chi connectivity index (χ0) is 25.9. The highest BCUT2D eigenvalue weighted by Gasteiger charge is 2.42. The molecule has 0 bridgehead atoms. The maximum absolute atomic E-state index is 6.25. The quantitative estimate of drug-likeness (QED) is 0.285. The first-order valence-corrected chi connectivity index (χ1v) is 13.7. The van der Waals surface area contributed by atoms with Crippen LogP contribution in [-0.4, -0.2) is 0 Å². The molecule has 2 heteroatoms. The van der Waals surface area contributed by atoms with Crippen molar-refractivity contribution in [2.75, 3.05) is 11.5 Å². The van der Waals surface area contributed by atoms with Gasteiger partial charge in [-0.2, -0.15) is 0 Å². The van der Waals surface area contributed by atoms with Gasteiger partial charge in [0.2, 0.25) is 0 Å². The molecule has 4 aromatic carbocycles. The topological polar surface area (TPSA) is 52.0 Å². The van der Waals surface area contributed by atoms with Crippen LogP contribution in [0, 0.1) is 5.41 Å². The summed E-state index contributed by atoms with van der Waals surface area (Å²) in [7, 11) is 0. The van der Waals surface area contributed by atoms with Gasteiger partial charge in [-0.15, -0.1) is 0 Å². The number of fused-ring (bicyclic) bond motifs is 2. The molecule has 0 saturated carbocycles. The van der Waals surface area contributed by atoms with Gasteiger partial charge >= 0.3 is 0 Å². The van der Waals surface area contributed by atoms with Crippen molar-refractivity contribution in [1.82, 2.24) is 0 Å². The van der Waals surface area contributed by atoms with E-state index >= 15 is 0 Å². The van der Waals surface area contributed by atoms with E-state index in [4.69, 9.17) is 11.5 Å². The van der Waals surface area contributed by atoms with E-state index in [0.29, 0.717) is 17.3 Å². The Morgan fingerprint density at radius 1 is 0.486 bits per heavy atom. The molecule has 0 saturated heterocycles. The second kappa shape index (κ2) is 8.80. The summed E-state index contributed by atoms with van der Waals surface area (Å²) in [4.78, 5) is 0. The lowest BCUT2D eigenvalue weighted by Gasteiger charge is -2.22. The lowest BCUT2D eigenvalue weighted by atomic mass is 9.82. The number of hydrogen-bond donors (Lipinski definition) is 2. The molecule has 188 valence electrons. The Morgan fingerprint density at radius 2 is 0.838 bits per heavy atom. The van der Waals surface area contributed by atoms with Crippen molar-refractivity contribution in [3.63, 3.8) is 0 Å². The van der Waals surface area contributed by atoms with Crippen LogP contribution in [0.15, 0.2) is 72.8 Å². The summed E-state index contributed by atoms with van der Waals surface area (Å²) in [6.07, 6.45) is 4.66. The average molecular weight is 487 g/mol. The first kappa shape index (κ1) is 23.9. The SMILES string of the molecule is CC(C)c1cc(-c2ccc3c(c2)CC2(C3)Cc3ccc(-c4ccc(N)c(C(C)C)c4)cc3C2)ccc1N. The Kier molecular flexibility index (Phi) is 5.67. The van der Waals surface area contributed by atoms with E-state index in [1.165, 1.54) is 68.5 Å². The Bertz CT molecular complexity index is 1390. The number of benzene rings is 4. The largest absolute Gasteiger partial charge is 0.398 e. The second-order valence-electron chi connectivity index (χ2n) is 12.2. The lowest BCUT2D eigenvalue weighted by Crippen LogP contribution is -2.21. The molecule has 2 nitrogen and oxygen atoms in total.